The van der Waals surface area contributed by atoms with Crippen molar-refractivity contribution in [2.24, 2.45) is 0 Å². The second-order valence-corrected chi connectivity index (χ2v) is 8.65. The zero-order valence-electron chi connectivity index (χ0n) is 18.1. The number of aliphatic hydroxyl groups is 1. The van der Waals surface area contributed by atoms with Crippen LogP contribution in [-0.4, -0.2) is 69.6 Å². The quantitative estimate of drug-likeness (QED) is 0.699. The summed E-state index contributed by atoms with van der Waals surface area (Å²) in [4.78, 5) is 32.6. The lowest BCUT2D eigenvalue weighted by Crippen LogP contribution is -2.58. The minimum absolute atomic E-state index is 0.0581. The first-order valence-electron chi connectivity index (χ1n) is 11.1. The number of urea groups is 1. The van der Waals surface area contributed by atoms with Crippen LogP contribution in [0.25, 0.3) is 0 Å². The van der Waals surface area contributed by atoms with Gasteiger partial charge in [0.2, 0.25) is 0 Å². The van der Waals surface area contributed by atoms with Crippen molar-refractivity contribution in [2.75, 3.05) is 26.2 Å². The first kappa shape index (κ1) is 21.5. The fourth-order valence-corrected chi connectivity index (χ4v) is 4.82. The Bertz CT molecular complexity index is 895. The fourth-order valence-electron chi connectivity index (χ4n) is 4.82. The molecule has 0 radical (unpaired) electrons. The van der Waals surface area contributed by atoms with Crippen molar-refractivity contribution in [3.63, 3.8) is 0 Å². The summed E-state index contributed by atoms with van der Waals surface area (Å²) in [5, 5.41) is 9.52. The summed E-state index contributed by atoms with van der Waals surface area (Å²) in [6.07, 6.45) is 1.92. The molecule has 2 heterocycles. The van der Waals surface area contributed by atoms with E-state index in [1.54, 1.807) is 0 Å². The molecule has 2 aromatic rings. The van der Waals surface area contributed by atoms with Crippen LogP contribution in [0.4, 0.5) is 4.79 Å². The van der Waals surface area contributed by atoms with Gasteiger partial charge in [0.1, 0.15) is 5.54 Å². The number of aliphatic hydroxyl groups excluding tert-OH is 1. The summed E-state index contributed by atoms with van der Waals surface area (Å²) in [6.45, 7) is 4.31. The summed E-state index contributed by atoms with van der Waals surface area (Å²) in [5.74, 6) is -0.0780. The Morgan fingerprint density at radius 2 is 1.52 bits per heavy atom. The number of likely N-dealkylation sites (tertiary alicyclic amines) is 1. The van der Waals surface area contributed by atoms with Crippen molar-refractivity contribution in [1.82, 2.24) is 14.7 Å². The van der Waals surface area contributed by atoms with Crippen LogP contribution in [0, 0.1) is 0 Å². The fraction of sp³-hybridized carbons (Fsp3) is 0.440. The molecule has 4 rings (SSSR count). The van der Waals surface area contributed by atoms with Gasteiger partial charge in [-0.15, -0.1) is 0 Å². The highest BCUT2D eigenvalue weighted by Gasteiger charge is 2.57. The lowest BCUT2D eigenvalue weighted by atomic mass is 9.85. The van der Waals surface area contributed by atoms with Crippen molar-refractivity contribution >= 4 is 11.9 Å². The van der Waals surface area contributed by atoms with Crippen LogP contribution in [0.2, 0.25) is 0 Å². The van der Waals surface area contributed by atoms with Gasteiger partial charge < -0.3 is 10.0 Å². The Balaban J connectivity index is 1.57. The zero-order valence-corrected chi connectivity index (χ0v) is 18.1. The molecule has 1 atom stereocenters. The Morgan fingerprint density at radius 1 is 0.935 bits per heavy atom. The molecule has 6 heteroatoms. The van der Waals surface area contributed by atoms with E-state index in [4.69, 9.17) is 0 Å². The number of benzene rings is 2. The van der Waals surface area contributed by atoms with Crippen LogP contribution in [0.3, 0.4) is 0 Å². The molecule has 1 spiro atoms. The van der Waals surface area contributed by atoms with Gasteiger partial charge in [-0.1, -0.05) is 60.7 Å². The minimum Gasteiger partial charge on any atom is -0.395 e. The highest BCUT2D eigenvalue weighted by Crippen LogP contribution is 2.38. The molecule has 1 N–H and O–H groups in total. The normalized spacial score (nSPS) is 19.9. The Morgan fingerprint density at radius 3 is 2.10 bits per heavy atom. The average molecular weight is 422 g/mol. The molecule has 1 unspecified atom stereocenters. The molecule has 0 aliphatic carbocycles. The van der Waals surface area contributed by atoms with Crippen LogP contribution in [0.5, 0.6) is 0 Å². The first-order valence-corrected chi connectivity index (χ1v) is 11.1. The van der Waals surface area contributed by atoms with Crippen molar-refractivity contribution < 1.29 is 14.7 Å². The van der Waals surface area contributed by atoms with Crippen molar-refractivity contribution in [3.05, 3.63) is 71.8 Å². The van der Waals surface area contributed by atoms with E-state index in [2.05, 4.69) is 17.0 Å². The van der Waals surface area contributed by atoms with Crippen LogP contribution in [-0.2, 0) is 17.8 Å². The van der Waals surface area contributed by atoms with Gasteiger partial charge in [0.25, 0.3) is 5.91 Å². The second kappa shape index (κ2) is 9.20. The number of carbonyl (C=O) groups is 2. The predicted molar refractivity (Wildman–Crippen MR) is 119 cm³/mol. The van der Waals surface area contributed by atoms with Crippen LogP contribution < -0.4 is 0 Å². The number of hydrogen-bond donors (Lipinski definition) is 1. The van der Waals surface area contributed by atoms with Crippen LogP contribution in [0.15, 0.2) is 60.7 Å². The number of carbonyl (C=O) groups excluding carboxylic acids is 2. The summed E-state index contributed by atoms with van der Waals surface area (Å²) in [6, 6.07) is 19.7. The minimum atomic E-state index is -0.785. The molecule has 164 valence electrons. The molecule has 3 amide bonds. The summed E-state index contributed by atoms with van der Waals surface area (Å²) in [5.41, 5.74) is 1.33. The predicted octanol–water partition coefficient (Wildman–Crippen LogP) is 2.91. The van der Waals surface area contributed by atoms with E-state index in [1.165, 1.54) is 4.90 Å². The lowest BCUT2D eigenvalue weighted by Gasteiger charge is -2.43. The second-order valence-electron chi connectivity index (χ2n) is 8.65. The van der Waals surface area contributed by atoms with E-state index in [0.717, 1.165) is 17.5 Å². The van der Waals surface area contributed by atoms with Gasteiger partial charge in [0.05, 0.1) is 13.2 Å². The Labute approximate surface area is 184 Å². The molecule has 2 aromatic carbocycles. The van der Waals surface area contributed by atoms with Gasteiger partial charge in [-0.05, 0) is 37.3 Å². The molecular formula is C25H31N3O3. The van der Waals surface area contributed by atoms with E-state index in [1.807, 2.05) is 60.4 Å². The summed E-state index contributed by atoms with van der Waals surface area (Å²) < 4.78 is 0. The van der Waals surface area contributed by atoms with Gasteiger partial charge >= 0.3 is 6.03 Å². The molecule has 2 fully saturated rings. The summed E-state index contributed by atoms with van der Waals surface area (Å²) in [7, 11) is 0. The smallest absolute Gasteiger partial charge is 0.328 e. The molecule has 0 aromatic heterocycles. The number of amides is 3. The average Bonchev–Trinajstić information content (AvgIpc) is 3.00. The topological polar surface area (TPSA) is 64.1 Å². The molecular weight excluding hydrogens is 390 g/mol. The highest BCUT2D eigenvalue weighted by molar-refractivity contribution is 6.07. The van der Waals surface area contributed by atoms with E-state index >= 15 is 0 Å². The SMILES string of the molecule is CC(CO)N1CCC2(CC1)C(=O)N(Cc1ccccc1)C(=O)N2CCc1ccccc1. The standard InChI is InChI=1S/C25H31N3O3/c1-20(19-29)26-16-13-25(14-17-26)23(30)27(18-22-10-6-3-7-11-22)24(31)28(25)15-12-21-8-4-2-5-9-21/h2-11,20,29H,12-19H2,1H3. The Kier molecular flexibility index (Phi) is 6.39. The van der Waals surface area contributed by atoms with Gasteiger partial charge in [-0.2, -0.15) is 0 Å². The molecule has 0 saturated carbocycles. The van der Waals surface area contributed by atoms with Crippen LogP contribution in [0.1, 0.15) is 30.9 Å². The maximum atomic E-state index is 13.7. The van der Waals surface area contributed by atoms with Crippen molar-refractivity contribution in [1.29, 1.82) is 0 Å². The monoisotopic (exact) mass is 421 g/mol. The third-order valence-electron chi connectivity index (χ3n) is 6.78. The third kappa shape index (κ3) is 4.23. The molecule has 2 aliphatic rings. The number of piperidine rings is 1. The van der Waals surface area contributed by atoms with E-state index in [0.29, 0.717) is 39.0 Å². The molecule has 6 nitrogen and oxygen atoms in total. The van der Waals surface area contributed by atoms with Gasteiger partial charge in [0.15, 0.2) is 0 Å². The maximum absolute atomic E-state index is 13.7. The van der Waals surface area contributed by atoms with Gasteiger partial charge in [0, 0.05) is 25.7 Å². The number of rotatable bonds is 7. The van der Waals surface area contributed by atoms with E-state index < -0.39 is 5.54 Å². The van der Waals surface area contributed by atoms with Gasteiger partial charge in [-0.25, -0.2) is 4.79 Å². The zero-order chi connectivity index (χ0) is 21.8. The largest absolute Gasteiger partial charge is 0.395 e. The van der Waals surface area contributed by atoms with Gasteiger partial charge in [-0.3, -0.25) is 14.6 Å². The molecule has 2 aliphatic heterocycles. The number of nitrogens with zero attached hydrogens (tertiary/aromatic N) is 3. The first-order chi connectivity index (χ1) is 15.0. The lowest BCUT2D eigenvalue weighted by molar-refractivity contribution is -0.136. The van der Waals surface area contributed by atoms with E-state index in [-0.39, 0.29) is 24.6 Å². The Hall–Kier alpha value is -2.70. The third-order valence-corrected chi connectivity index (χ3v) is 6.78. The maximum Gasteiger partial charge on any atom is 0.328 e. The van der Waals surface area contributed by atoms with E-state index in [9.17, 15) is 14.7 Å². The molecule has 31 heavy (non-hydrogen) atoms. The molecule has 0 bridgehead atoms. The number of hydrogen-bond acceptors (Lipinski definition) is 4. The summed E-state index contributed by atoms with van der Waals surface area (Å²) >= 11 is 0. The van der Waals surface area contributed by atoms with Crippen molar-refractivity contribution in [3.8, 4) is 0 Å². The highest BCUT2D eigenvalue weighted by atomic mass is 16.3. The van der Waals surface area contributed by atoms with Crippen molar-refractivity contribution in [2.45, 2.75) is 44.3 Å². The van der Waals surface area contributed by atoms with Crippen LogP contribution >= 0.6 is 0 Å². The molecule has 2 saturated heterocycles. The number of imide groups is 1.